The molecule has 1 atom stereocenters. The van der Waals surface area contributed by atoms with Gasteiger partial charge in [-0.25, -0.2) is 0 Å². The normalized spacial score (nSPS) is 11.0. The highest BCUT2D eigenvalue weighted by molar-refractivity contribution is 5.77. The molecule has 0 aromatic heterocycles. The van der Waals surface area contributed by atoms with Crippen LogP contribution < -0.4 is 10.8 Å². The number of benzene rings is 1. The monoisotopic (exact) mass is 241 g/mol. The number of carboxylic acids is 2. The molecule has 0 fully saturated rings. The van der Waals surface area contributed by atoms with Crippen LogP contribution in [0.1, 0.15) is 12.0 Å². The number of aliphatic carboxylic acids is 2. The quantitative estimate of drug-likeness (QED) is 0.590. The standard InChI is InChI=1S/C7H9N.C4H6O5/c1-6-2-4-7(8)5-3-6;5-2(4(8)9)1-3(6)7/h2-5H,8H2,1H3;2,5H,1H2,(H,6,7)(H,8,9)/t;2-/m.1/s1. The van der Waals surface area contributed by atoms with Gasteiger partial charge in [-0.1, -0.05) is 17.7 Å². The number of carboxylic acid groups (broad SMARTS) is 2. The number of aryl methyl sites for hydroxylation is 1. The van der Waals surface area contributed by atoms with Crippen molar-refractivity contribution in [2.45, 2.75) is 19.4 Å². The SMILES string of the molecule is Cc1ccc([NH3+])cc1.O=C(O)C[C@@H](O)C(=O)[O-]. The molecule has 94 valence electrons. The van der Waals surface area contributed by atoms with Crippen molar-refractivity contribution in [3.8, 4) is 0 Å². The van der Waals surface area contributed by atoms with Gasteiger partial charge >= 0.3 is 5.97 Å². The summed E-state index contributed by atoms with van der Waals surface area (Å²) in [5.41, 5.74) is 6.13. The van der Waals surface area contributed by atoms with Gasteiger partial charge in [0.2, 0.25) is 0 Å². The van der Waals surface area contributed by atoms with Gasteiger partial charge in [-0.3, -0.25) is 4.79 Å². The van der Waals surface area contributed by atoms with Crippen molar-refractivity contribution in [3.05, 3.63) is 29.8 Å². The van der Waals surface area contributed by atoms with Crippen LogP contribution in [0.5, 0.6) is 0 Å². The average Bonchev–Trinajstić information content (AvgIpc) is 2.22. The molecular weight excluding hydrogens is 226 g/mol. The smallest absolute Gasteiger partial charge is 0.306 e. The molecule has 0 aliphatic carbocycles. The Morgan fingerprint density at radius 2 is 1.82 bits per heavy atom. The van der Waals surface area contributed by atoms with E-state index >= 15 is 0 Å². The number of hydrogen-bond acceptors (Lipinski definition) is 4. The number of carbonyl (C=O) groups excluding carboxylic acids is 1. The minimum Gasteiger partial charge on any atom is -0.547 e. The van der Waals surface area contributed by atoms with E-state index in [2.05, 4.69) is 24.8 Å². The number of rotatable bonds is 3. The second-order valence-corrected chi connectivity index (χ2v) is 3.42. The van der Waals surface area contributed by atoms with Crippen LogP contribution in [0.3, 0.4) is 0 Å². The van der Waals surface area contributed by atoms with Crippen LogP contribution in [0.25, 0.3) is 0 Å². The largest absolute Gasteiger partial charge is 0.547 e. The lowest BCUT2D eigenvalue weighted by atomic mass is 10.2. The summed E-state index contributed by atoms with van der Waals surface area (Å²) in [7, 11) is 0. The van der Waals surface area contributed by atoms with Crippen LogP contribution in [-0.4, -0.2) is 28.3 Å². The van der Waals surface area contributed by atoms with Gasteiger partial charge in [0.25, 0.3) is 0 Å². The highest BCUT2D eigenvalue weighted by atomic mass is 16.4. The molecule has 0 saturated heterocycles. The van der Waals surface area contributed by atoms with Crippen molar-refractivity contribution in [3.63, 3.8) is 0 Å². The zero-order chi connectivity index (χ0) is 13.4. The minimum atomic E-state index is -1.90. The van der Waals surface area contributed by atoms with E-state index in [0.29, 0.717) is 0 Å². The molecule has 0 aliphatic rings. The molecule has 0 unspecified atom stereocenters. The van der Waals surface area contributed by atoms with Crippen LogP contribution in [0, 0.1) is 6.92 Å². The second-order valence-electron chi connectivity index (χ2n) is 3.42. The third kappa shape index (κ3) is 7.95. The van der Waals surface area contributed by atoms with Crippen molar-refractivity contribution in [1.82, 2.24) is 0 Å². The van der Waals surface area contributed by atoms with Gasteiger partial charge in [0.15, 0.2) is 0 Å². The van der Waals surface area contributed by atoms with E-state index in [-0.39, 0.29) is 0 Å². The molecule has 0 radical (unpaired) electrons. The predicted octanol–water partition coefficient (Wildman–Crippen LogP) is -1.56. The third-order valence-corrected chi connectivity index (χ3v) is 1.76. The Kier molecular flexibility index (Phi) is 6.54. The average molecular weight is 241 g/mol. The van der Waals surface area contributed by atoms with E-state index in [1.807, 2.05) is 12.1 Å². The summed E-state index contributed by atoms with van der Waals surface area (Å²) in [4.78, 5) is 19.3. The Labute approximate surface area is 98.3 Å². The van der Waals surface area contributed by atoms with Gasteiger partial charge in [0.1, 0.15) is 11.8 Å². The summed E-state index contributed by atoms with van der Waals surface area (Å²) < 4.78 is 0. The lowest BCUT2D eigenvalue weighted by Crippen LogP contribution is -2.39. The Bertz CT molecular complexity index is 353. The summed E-state index contributed by atoms with van der Waals surface area (Å²) in [6, 6.07) is 8.13. The number of quaternary nitrogens is 1. The molecule has 1 aromatic carbocycles. The van der Waals surface area contributed by atoms with Crippen molar-refractivity contribution >= 4 is 17.6 Å². The molecule has 1 rings (SSSR count). The van der Waals surface area contributed by atoms with Crippen molar-refractivity contribution in [1.29, 1.82) is 0 Å². The molecule has 1 aromatic rings. The highest BCUT2D eigenvalue weighted by Crippen LogP contribution is 2.00. The maximum Gasteiger partial charge on any atom is 0.306 e. The first-order valence-corrected chi connectivity index (χ1v) is 4.82. The molecule has 0 amide bonds. The molecule has 0 spiro atoms. The minimum absolute atomic E-state index is 0.817. The summed E-state index contributed by atoms with van der Waals surface area (Å²) >= 11 is 0. The number of aliphatic hydroxyl groups is 1. The van der Waals surface area contributed by atoms with E-state index in [4.69, 9.17) is 10.2 Å². The first-order chi connectivity index (χ1) is 7.82. The van der Waals surface area contributed by atoms with Crippen LogP contribution in [-0.2, 0) is 9.59 Å². The van der Waals surface area contributed by atoms with Gasteiger partial charge in [-0.05, 0) is 19.1 Å². The molecule has 6 nitrogen and oxygen atoms in total. The summed E-state index contributed by atoms with van der Waals surface area (Å²) in [5.74, 6) is -3.14. The second kappa shape index (κ2) is 7.37. The van der Waals surface area contributed by atoms with E-state index in [1.165, 1.54) is 5.56 Å². The molecule has 0 aliphatic heterocycles. The van der Waals surface area contributed by atoms with Crippen molar-refractivity contribution in [2.24, 2.45) is 0 Å². The Morgan fingerprint density at radius 3 is 2.06 bits per heavy atom. The fourth-order valence-corrected chi connectivity index (χ4v) is 0.837. The van der Waals surface area contributed by atoms with E-state index in [1.54, 1.807) is 0 Å². The summed E-state index contributed by atoms with van der Waals surface area (Å²) in [6.07, 6.45) is -2.72. The molecule has 5 N–H and O–H groups in total. The molecular formula is C11H15NO5. The van der Waals surface area contributed by atoms with Gasteiger partial charge in [0, 0.05) is 0 Å². The maximum atomic E-state index is 9.66. The first kappa shape index (κ1) is 15.1. The van der Waals surface area contributed by atoms with Crippen LogP contribution in [0.2, 0.25) is 0 Å². The molecule has 0 bridgehead atoms. The molecule has 0 saturated carbocycles. The van der Waals surface area contributed by atoms with Gasteiger partial charge in [0.05, 0.1) is 12.4 Å². The number of hydrogen-bond donors (Lipinski definition) is 3. The van der Waals surface area contributed by atoms with Crippen LogP contribution >= 0.6 is 0 Å². The molecule has 17 heavy (non-hydrogen) atoms. The predicted molar refractivity (Wildman–Crippen MR) is 57.0 cm³/mol. The molecule has 0 heterocycles. The van der Waals surface area contributed by atoms with Gasteiger partial charge in [-0.15, -0.1) is 0 Å². The first-order valence-electron chi connectivity index (χ1n) is 4.82. The van der Waals surface area contributed by atoms with Crippen molar-refractivity contribution in [2.75, 3.05) is 0 Å². The molecule has 6 heteroatoms. The number of carbonyl (C=O) groups is 2. The Hall–Kier alpha value is -1.92. The van der Waals surface area contributed by atoms with Gasteiger partial charge in [-0.2, -0.15) is 0 Å². The fourth-order valence-electron chi connectivity index (χ4n) is 0.837. The number of aliphatic hydroxyl groups excluding tert-OH is 1. The maximum absolute atomic E-state index is 9.66. The van der Waals surface area contributed by atoms with E-state index in [9.17, 15) is 14.7 Å². The van der Waals surface area contributed by atoms with Crippen LogP contribution in [0.4, 0.5) is 5.69 Å². The van der Waals surface area contributed by atoms with Crippen molar-refractivity contribution < 1.29 is 30.6 Å². The third-order valence-electron chi connectivity index (χ3n) is 1.76. The lowest BCUT2D eigenvalue weighted by Gasteiger charge is -2.06. The summed E-state index contributed by atoms with van der Waals surface area (Å²) in [6.45, 7) is 2.07. The Balaban J connectivity index is 0.000000302. The van der Waals surface area contributed by atoms with Gasteiger partial charge < -0.3 is 25.8 Å². The Morgan fingerprint density at radius 1 is 1.35 bits per heavy atom. The van der Waals surface area contributed by atoms with Crippen LogP contribution in [0.15, 0.2) is 24.3 Å². The summed E-state index contributed by atoms with van der Waals surface area (Å²) in [5, 5.41) is 25.7. The zero-order valence-electron chi connectivity index (χ0n) is 9.42. The fraction of sp³-hybridized carbons (Fsp3) is 0.273. The van der Waals surface area contributed by atoms with E-state index < -0.39 is 24.5 Å². The highest BCUT2D eigenvalue weighted by Gasteiger charge is 2.08. The van der Waals surface area contributed by atoms with E-state index in [0.717, 1.165) is 5.69 Å². The topological polar surface area (TPSA) is 125 Å². The lowest BCUT2D eigenvalue weighted by molar-refractivity contribution is -0.315. The zero-order valence-corrected chi connectivity index (χ0v) is 9.42.